The number of aldehydes is 1. The predicted octanol–water partition coefficient (Wildman–Crippen LogP) is 1.29. The summed E-state index contributed by atoms with van der Waals surface area (Å²) in [6, 6.07) is 0. The van der Waals surface area contributed by atoms with E-state index in [0.717, 1.165) is 0 Å². The third-order valence-corrected chi connectivity index (χ3v) is 2.62. The molecule has 0 radical (unpaired) electrons. The SMILES string of the molecule is COP(O)OCc1cnc(C)c(O)c1C=O. The number of hydrogen-bond donors (Lipinski definition) is 2. The van der Waals surface area contributed by atoms with E-state index >= 15 is 0 Å². The maximum atomic E-state index is 10.8. The van der Waals surface area contributed by atoms with Crippen LogP contribution in [-0.4, -0.2) is 28.4 Å². The Kier molecular flexibility index (Phi) is 4.76. The van der Waals surface area contributed by atoms with Crippen LogP contribution in [0.5, 0.6) is 5.75 Å². The van der Waals surface area contributed by atoms with Gasteiger partial charge in [-0.05, 0) is 6.92 Å². The summed E-state index contributed by atoms with van der Waals surface area (Å²) in [6.07, 6.45) is 1.94. The Morgan fingerprint density at radius 3 is 2.88 bits per heavy atom. The zero-order valence-corrected chi connectivity index (χ0v) is 9.77. The first kappa shape index (κ1) is 13.0. The number of nitrogens with zero attached hydrogens (tertiary/aromatic N) is 1. The summed E-state index contributed by atoms with van der Waals surface area (Å²) in [7, 11) is -0.659. The summed E-state index contributed by atoms with van der Waals surface area (Å²) in [6.45, 7) is 1.53. The Morgan fingerprint density at radius 1 is 1.62 bits per heavy atom. The summed E-state index contributed by atoms with van der Waals surface area (Å²) in [5, 5.41) is 9.56. The lowest BCUT2D eigenvalue weighted by atomic mass is 10.1. The smallest absolute Gasteiger partial charge is 0.329 e. The number of rotatable bonds is 5. The minimum Gasteiger partial charge on any atom is -0.505 e. The minimum absolute atomic E-state index is 0.0506. The molecule has 1 heterocycles. The molecule has 0 aliphatic rings. The van der Waals surface area contributed by atoms with Crippen LogP contribution in [0, 0.1) is 6.92 Å². The van der Waals surface area contributed by atoms with Crippen molar-refractivity contribution < 1.29 is 23.8 Å². The van der Waals surface area contributed by atoms with Gasteiger partial charge in [-0.15, -0.1) is 0 Å². The number of aromatic nitrogens is 1. The van der Waals surface area contributed by atoms with Crippen molar-refractivity contribution >= 4 is 14.9 Å². The molecule has 1 rings (SSSR count). The second kappa shape index (κ2) is 5.86. The van der Waals surface area contributed by atoms with Crippen LogP contribution in [0.3, 0.4) is 0 Å². The summed E-state index contributed by atoms with van der Waals surface area (Å²) in [5.41, 5.74) is 0.882. The second-order valence-corrected chi connectivity index (χ2v) is 4.04. The van der Waals surface area contributed by atoms with Gasteiger partial charge < -0.3 is 19.0 Å². The molecular weight excluding hydrogens is 233 g/mol. The maximum absolute atomic E-state index is 10.8. The van der Waals surface area contributed by atoms with Crippen molar-refractivity contribution in [2.75, 3.05) is 7.11 Å². The van der Waals surface area contributed by atoms with Gasteiger partial charge >= 0.3 is 8.60 Å². The van der Waals surface area contributed by atoms with Crippen LogP contribution in [0.1, 0.15) is 21.6 Å². The van der Waals surface area contributed by atoms with Gasteiger partial charge in [0.1, 0.15) is 5.75 Å². The van der Waals surface area contributed by atoms with Crippen LogP contribution in [0.4, 0.5) is 0 Å². The van der Waals surface area contributed by atoms with Gasteiger partial charge in [-0.3, -0.25) is 9.78 Å². The zero-order chi connectivity index (χ0) is 12.1. The van der Waals surface area contributed by atoms with Crippen LogP contribution < -0.4 is 0 Å². The summed E-state index contributed by atoms with van der Waals surface area (Å²) in [5.74, 6) is -0.171. The second-order valence-electron chi connectivity index (χ2n) is 2.94. The predicted molar refractivity (Wildman–Crippen MR) is 57.0 cm³/mol. The van der Waals surface area contributed by atoms with Gasteiger partial charge in [0.15, 0.2) is 6.29 Å². The highest BCUT2D eigenvalue weighted by atomic mass is 31.2. The standard InChI is InChI=1S/C9H12NO5P/c1-6-9(12)8(4-11)7(3-10-6)5-15-16(13)14-2/h3-4,12-13H,5H2,1-2H3. The highest BCUT2D eigenvalue weighted by Gasteiger charge is 2.13. The number of carbonyl (C=O) groups is 1. The largest absolute Gasteiger partial charge is 0.505 e. The quantitative estimate of drug-likeness (QED) is 0.600. The van der Waals surface area contributed by atoms with Gasteiger partial charge in [0.2, 0.25) is 0 Å². The van der Waals surface area contributed by atoms with Crippen molar-refractivity contribution in [3.8, 4) is 5.75 Å². The van der Waals surface area contributed by atoms with Gasteiger partial charge in [-0.1, -0.05) is 0 Å². The van der Waals surface area contributed by atoms with E-state index in [1.165, 1.54) is 13.3 Å². The highest BCUT2D eigenvalue weighted by Crippen LogP contribution is 2.33. The van der Waals surface area contributed by atoms with Gasteiger partial charge in [0.25, 0.3) is 0 Å². The third-order valence-electron chi connectivity index (χ3n) is 1.96. The van der Waals surface area contributed by atoms with E-state index in [4.69, 9.17) is 9.42 Å². The molecule has 1 unspecified atom stereocenters. The molecule has 0 aliphatic carbocycles. The molecule has 0 fully saturated rings. The molecule has 0 spiro atoms. The average Bonchev–Trinajstić information content (AvgIpc) is 2.30. The highest BCUT2D eigenvalue weighted by molar-refractivity contribution is 7.40. The van der Waals surface area contributed by atoms with Crippen molar-refractivity contribution in [3.05, 3.63) is 23.0 Å². The van der Waals surface area contributed by atoms with E-state index in [1.54, 1.807) is 6.92 Å². The Morgan fingerprint density at radius 2 is 2.31 bits per heavy atom. The van der Waals surface area contributed by atoms with Crippen molar-refractivity contribution in [1.82, 2.24) is 4.98 Å². The normalized spacial score (nSPS) is 12.4. The van der Waals surface area contributed by atoms with Gasteiger partial charge in [0.05, 0.1) is 17.9 Å². The molecule has 0 bridgehead atoms. The van der Waals surface area contributed by atoms with E-state index in [-0.39, 0.29) is 17.9 Å². The molecule has 0 saturated carbocycles. The number of carbonyl (C=O) groups excluding carboxylic acids is 1. The van der Waals surface area contributed by atoms with E-state index in [1.807, 2.05) is 0 Å². The minimum atomic E-state index is -1.96. The molecule has 88 valence electrons. The van der Waals surface area contributed by atoms with Gasteiger partial charge in [-0.2, -0.15) is 0 Å². The fraction of sp³-hybridized carbons (Fsp3) is 0.333. The fourth-order valence-corrected chi connectivity index (χ4v) is 1.43. The number of aromatic hydroxyl groups is 1. The maximum Gasteiger partial charge on any atom is 0.329 e. The molecule has 6 nitrogen and oxygen atoms in total. The molecule has 1 aromatic rings. The Bertz CT molecular complexity index is 384. The van der Waals surface area contributed by atoms with Crippen molar-refractivity contribution in [2.24, 2.45) is 0 Å². The van der Waals surface area contributed by atoms with Crippen molar-refractivity contribution in [3.63, 3.8) is 0 Å². The molecule has 1 atom stereocenters. The van der Waals surface area contributed by atoms with Crippen molar-refractivity contribution in [1.29, 1.82) is 0 Å². The van der Waals surface area contributed by atoms with Crippen LogP contribution in [-0.2, 0) is 15.7 Å². The molecule has 2 N–H and O–H groups in total. The van der Waals surface area contributed by atoms with E-state index in [9.17, 15) is 9.90 Å². The lowest BCUT2D eigenvalue weighted by molar-refractivity contribution is 0.111. The van der Waals surface area contributed by atoms with Crippen LogP contribution in [0.15, 0.2) is 6.20 Å². The van der Waals surface area contributed by atoms with E-state index in [2.05, 4.69) is 9.51 Å². The number of hydrogen-bond acceptors (Lipinski definition) is 6. The summed E-state index contributed by atoms with van der Waals surface area (Å²) in [4.78, 5) is 23.7. The van der Waals surface area contributed by atoms with Crippen LogP contribution in [0.25, 0.3) is 0 Å². The monoisotopic (exact) mass is 245 g/mol. The molecule has 1 aromatic heterocycles. The van der Waals surface area contributed by atoms with Gasteiger partial charge in [0, 0.05) is 18.9 Å². The average molecular weight is 245 g/mol. The summed E-state index contributed by atoms with van der Waals surface area (Å²) < 4.78 is 9.43. The van der Waals surface area contributed by atoms with E-state index in [0.29, 0.717) is 17.5 Å². The Balaban J connectivity index is 2.88. The molecule has 7 heteroatoms. The molecule has 0 aromatic carbocycles. The third kappa shape index (κ3) is 2.96. The Hall–Kier alpha value is -1.07. The van der Waals surface area contributed by atoms with Crippen molar-refractivity contribution in [2.45, 2.75) is 13.5 Å². The molecule has 0 saturated heterocycles. The molecule has 0 aliphatic heterocycles. The van der Waals surface area contributed by atoms with Crippen LogP contribution in [0.2, 0.25) is 0 Å². The fourth-order valence-electron chi connectivity index (χ4n) is 1.08. The lowest BCUT2D eigenvalue weighted by Crippen LogP contribution is -1.99. The lowest BCUT2D eigenvalue weighted by Gasteiger charge is -2.10. The number of aryl methyl sites for hydroxylation is 1. The van der Waals surface area contributed by atoms with Crippen LogP contribution >= 0.6 is 8.60 Å². The topological polar surface area (TPSA) is 88.9 Å². The number of pyridine rings is 1. The van der Waals surface area contributed by atoms with E-state index < -0.39 is 8.60 Å². The molecule has 0 amide bonds. The molecule has 16 heavy (non-hydrogen) atoms. The zero-order valence-electron chi connectivity index (χ0n) is 8.88. The first-order valence-corrected chi connectivity index (χ1v) is 5.51. The van der Waals surface area contributed by atoms with Gasteiger partial charge in [-0.25, -0.2) is 0 Å². The Labute approximate surface area is 93.8 Å². The first-order chi connectivity index (χ1) is 7.60. The first-order valence-electron chi connectivity index (χ1n) is 4.38. The molecular formula is C9H12NO5P. The summed E-state index contributed by atoms with van der Waals surface area (Å²) >= 11 is 0.